The van der Waals surface area contributed by atoms with Crippen LogP contribution in [0.15, 0.2) is 53.1 Å². The first-order valence-electron chi connectivity index (χ1n) is 7.25. The molecule has 1 unspecified atom stereocenters. The highest BCUT2D eigenvalue weighted by Gasteiger charge is 2.16. The molecule has 0 aliphatic rings. The zero-order valence-electron chi connectivity index (χ0n) is 12.5. The number of ether oxygens (including phenoxy) is 1. The van der Waals surface area contributed by atoms with Crippen molar-refractivity contribution < 1.29 is 18.7 Å². The van der Waals surface area contributed by atoms with E-state index in [1.165, 1.54) is 12.3 Å². The van der Waals surface area contributed by atoms with E-state index in [-0.39, 0.29) is 24.3 Å². The van der Waals surface area contributed by atoms with Crippen molar-refractivity contribution in [3.05, 3.63) is 60.1 Å². The third-order valence-electron chi connectivity index (χ3n) is 3.17. The maximum atomic E-state index is 12.0. The Bertz CT molecular complexity index is 592. The third kappa shape index (κ3) is 4.48. The molecule has 0 spiro atoms. The molecule has 1 atom stereocenters. The highest BCUT2D eigenvalue weighted by molar-refractivity contribution is 5.88. The molecule has 1 heterocycles. The summed E-state index contributed by atoms with van der Waals surface area (Å²) in [7, 11) is 0. The zero-order chi connectivity index (χ0) is 15.8. The van der Waals surface area contributed by atoms with Crippen LogP contribution in [0.3, 0.4) is 0 Å². The summed E-state index contributed by atoms with van der Waals surface area (Å²) in [4.78, 5) is 23.6. The van der Waals surface area contributed by atoms with Crippen molar-refractivity contribution in [1.29, 1.82) is 0 Å². The summed E-state index contributed by atoms with van der Waals surface area (Å²) in [6, 6.07) is 12.7. The molecule has 116 valence electrons. The van der Waals surface area contributed by atoms with E-state index < -0.39 is 5.97 Å². The normalized spacial score (nSPS) is 11.7. The molecule has 0 bridgehead atoms. The molecule has 1 amide bonds. The second-order valence-electron chi connectivity index (χ2n) is 4.87. The van der Waals surface area contributed by atoms with E-state index in [0.717, 1.165) is 18.4 Å². The minimum absolute atomic E-state index is 0.0824. The quantitative estimate of drug-likeness (QED) is 0.798. The van der Waals surface area contributed by atoms with Crippen molar-refractivity contribution in [2.24, 2.45) is 0 Å². The van der Waals surface area contributed by atoms with Crippen molar-refractivity contribution in [3.8, 4) is 0 Å². The molecule has 1 aromatic heterocycles. The summed E-state index contributed by atoms with van der Waals surface area (Å²) in [5, 5.41) is 2.89. The Kier molecular flexibility index (Phi) is 5.77. The lowest BCUT2D eigenvalue weighted by Gasteiger charge is -2.18. The van der Waals surface area contributed by atoms with E-state index in [4.69, 9.17) is 9.15 Å². The van der Waals surface area contributed by atoms with Gasteiger partial charge in [-0.25, -0.2) is 4.79 Å². The Balaban J connectivity index is 1.87. The minimum atomic E-state index is -0.646. The van der Waals surface area contributed by atoms with Crippen LogP contribution in [0.2, 0.25) is 0 Å². The maximum Gasteiger partial charge on any atom is 0.374 e. The summed E-state index contributed by atoms with van der Waals surface area (Å²) < 4.78 is 9.83. The Morgan fingerprint density at radius 1 is 1.18 bits per heavy atom. The maximum absolute atomic E-state index is 12.0. The number of benzene rings is 1. The molecule has 5 heteroatoms. The van der Waals surface area contributed by atoms with E-state index in [2.05, 4.69) is 12.2 Å². The summed E-state index contributed by atoms with van der Waals surface area (Å²) in [5.41, 5.74) is 1.04. The van der Waals surface area contributed by atoms with Crippen LogP contribution in [0.4, 0.5) is 0 Å². The van der Waals surface area contributed by atoms with Crippen LogP contribution in [0.5, 0.6) is 0 Å². The molecule has 0 fully saturated rings. The monoisotopic (exact) mass is 301 g/mol. The Labute approximate surface area is 129 Å². The Morgan fingerprint density at radius 2 is 1.95 bits per heavy atom. The van der Waals surface area contributed by atoms with E-state index >= 15 is 0 Å². The summed E-state index contributed by atoms with van der Waals surface area (Å²) in [5.74, 6) is -0.893. The molecule has 22 heavy (non-hydrogen) atoms. The first kappa shape index (κ1) is 15.8. The van der Waals surface area contributed by atoms with Crippen LogP contribution < -0.4 is 5.32 Å². The van der Waals surface area contributed by atoms with Gasteiger partial charge in [-0.15, -0.1) is 0 Å². The molecule has 0 aliphatic heterocycles. The topological polar surface area (TPSA) is 68.5 Å². The highest BCUT2D eigenvalue weighted by atomic mass is 16.5. The predicted molar refractivity (Wildman–Crippen MR) is 81.2 cm³/mol. The highest BCUT2D eigenvalue weighted by Crippen LogP contribution is 2.17. The fourth-order valence-corrected chi connectivity index (χ4v) is 2.13. The average molecular weight is 301 g/mol. The number of hydrogen-bond donors (Lipinski definition) is 1. The van der Waals surface area contributed by atoms with E-state index in [0.29, 0.717) is 0 Å². The molecule has 2 aromatic rings. The summed E-state index contributed by atoms with van der Waals surface area (Å²) >= 11 is 0. The van der Waals surface area contributed by atoms with Crippen LogP contribution in [0.25, 0.3) is 0 Å². The van der Waals surface area contributed by atoms with Gasteiger partial charge in [0.1, 0.15) is 0 Å². The second-order valence-corrected chi connectivity index (χ2v) is 4.87. The van der Waals surface area contributed by atoms with Crippen LogP contribution in [-0.2, 0) is 9.53 Å². The molecule has 2 rings (SSSR count). The van der Waals surface area contributed by atoms with E-state index in [9.17, 15) is 9.59 Å². The molecule has 5 nitrogen and oxygen atoms in total. The lowest BCUT2D eigenvalue weighted by molar-refractivity contribution is -0.125. The number of carbonyl (C=O) groups excluding carboxylic acids is 2. The summed E-state index contributed by atoms with van der Waals surface area (Å²) in [6.07, 6.45) is 3.14. The minimum Gasteiger partial charge on any atom is -0.457 e. The molecule has 1 N–H and O–H groups in total. The molecular weight excluding hydrogens is 282 g/mol. The lowest BCUT2D eigenvalue weighted by Crippen LogP contribution is -2.32. The first-order valence-corrected chi connectivity index (χ1v) is 7.25. The van der Waals surface area contributed by atoms with Gasteiger partial charge >= 0.3 is 5.97 Å². The number of hydrogen-bond acceptors (Lipinski definition) is 4. The molecule has 0 aliphatic carbocycles. The van der Waals surface area contributed by atoms with E-state index in [1.807, 2.05) is 30.3 Å². The van der Waals surface area contributed by atoms with Gasteiger partial charge in [-0.1, -0.05) is 43.7 Å². The number of esters is 1. The fraction of sp³-hybridized carbons (Fsp3) is 0.294. The van der Waals surface area contributed by atoms with Gasteiger partial charge in [-0.3, -0.25) is 4.79 Å². The Hall–Kier alpha value is -2.56. The standard InChI is InChI=1S/C17H19NO4/c1-2-7-14(13-8-4-3-5-9-13)18-16(19)12-22-17(20)15-10-6-11-21-15/h3-6,8-11,14H,2,7,12H2,1H3,(H,18,19). The molecule has 0 saturated carbocycles. The zero-order valence-corrected chi connectivity index (χ0v) is 12.5. The van der Waals surface area contributed by atoms with Gasteiger partial charge < -0.3 is 14.5 Å². The van der Waals surface area contributed by atoms with Crippen molar-refractivity contribution in [2.75, 3.05) is 6.61 Å². The van der Waals surface area contributed by atoms with Gasteiger partial charge in [-0.05, 0) is 24.1 Å². The second kappa shape index (κ2) is 8.02. The van der Waals surface area contributed by atoms with Gasteiger partial charge in [0.25, 0.3) is 5.91 Å². The number of amides is 1. The molecule has 1 aromatic carbocycles. The molecular formula is C17H19NO4. The van der Waals surface area contributed by atoms with Crippen LogP contribution in [0.1, 0.15) is 41.9 Å². The van der Waals surface area contributed by atoms with Gasteiger partial charge in [0.05, 0.1) is 12.3 Å². The fourth-order valence-electron chi connectivity index (χ4n) is 2.13. The van der Waals surface area contributed by atoms with Gasteiger partial charge in [-0.2, -0.15) is 0 Å². The first-order chi connectivity index (χ1) is 10.7. The molecule has 0 saturated heterocycles. The van der Waals surface area contributed by atoms with Gasteiger partial charge in [0.15, 0.2) is 6.61 Å². The predicted octanol–water partition coefficient (Wildman–Crippen LogP) is 3.09. The largest absolute Gasteiger partial charge is 0.457 e. The molecule has 0 radical (unpaired) electrons. The van der Waals surface area contributed by atoms with Gasteiger partial charge in [0, 0.05) is 0 Å². The van der Waals surface area contributed by atoms with Crippen LogP contribution in [-0.4, -0.2) is 18.5 Å². The van der Waals surface area contributed by atoms with Crippen molar-refractivity contribution in [2.45, 2.75) is 25.8 Å². The van der Waals surface area contributed by atoms with Gasteiger partial charge in [0.2, 0.25) is 5.76 Å². The smallest absolute Gasteiger partial charge is 0.374 e. The van der Waals surface area contributed by atoms with Crippen molar-refractivity contribution >= 4 is 11.9 Å². The summed E-state index contributed by atoms with van der Waals surface area (Å²) in [6.45, 7) is 1.73. The number of furan rings is 1. The van der Waals surface area contributed by atoms with Crippen LogP contribution >= 0.6 is 0 Å². The Morgan fingerprint density at radius 3 is 2.59 bits per heavy atom. The number of carbonyl (C=O) groups is 2. The van der Waals surface area contributed by atoms with Crippen molar-refractivity contribution in [1.82, 2.24) is 5.32 Å². The number of rotatable bonds is 7. The van der Waals surface area contributed by atoms with E-state index in [1.54, 1.807) is 6.07 Å². The van der Waals surface area contributed by atoms with Crippen LogP contribution in [0, 0.1) is 0 Å². The lowest BCUT2D eigenvalue weighted by atomic mass is 10.0. The van der Waals surface area contributed by atoms with Crippen molar-refractivity contribution in [3.63, 3.8) is 0 Å². The third-order valence-corrected chi connectivity index (χ3v) is 3.17. The average Bonchev–Trinajstić information content (AvgIpc) is 3.07. The number of nitrogens with one attached hydrogen (secondary N) is 1. The SMILES string of the molecule is CCCC(NC(=O)COC(=O)c1ccco1)c1ccccc1.